The molecule has 2 rings (SSSR count). The average molecular weight is 277 g/mol. The highest BCUT2D eigenvalue weighted by Crippen LogP contribution is 2.35. The van der Waals surface area contributed by atoms with Crippen LogP contribution in [-0.4, -0.2) is 39.0 Å². The van der Waals surface area contributed by atoms with Crippen molar-refractivity contribution in [2.24, 2.45) is 5.41 Å². The SMILES string of the molecule is CC(C)=CC[C@]1(C(=O)O)CCCN(Cc2ncc[nH]2)C1. The van der Waals surface area contributed by atoms with Crippen LogP contribution in [0.3, 0.4) is 0 Å². The third-order valence-electron chi connectivity index (χ3n) is 3.94. The molecular weight excluding hydrogens is 254 g/mol. The number of hydrogen-bond donors (Lipinski definition) is 2. The van der Waals surface area contributed by atoms with Crippen LogP contribution in [0.2, 0.25) is 0 Å². The number of piperidine rings is 1. The largest absolute Gasteiger partial charge is 0.481 e. The Hall–Kier alpha value is -1.62. The van der Waals surface area contributed by atoms with Crippen molar-refractivity contribution in [3.63, 3.8) is 0 Å². The summed E-state index contributed by atoms with van der Waals surface area (Å²) in [5.74, 6) is 0.215. The summed E-state index contributed by atoms with van der Waals surface area (Å²) in [6.45, 7) is 6.24. The standard InChI is InChI=1S/C15H23N3O2/c1-12(2)4-6-15(14(19)20)5-3-9-18(11-15)10-13-16-7-8-17-13/h4,7-8H,3,5-6,9-11H2,1-2H3,(H,16,17)(H,19,20)/t15-/m1/s1. The van der Waals surface area contributed by atoms with Crippen LogP contribution < -0.4 is 0 Å². The van der Waals surface area contributed by atoms with Crippen LogP contribution in [-0.2, 0) is 11.3 Å². The van der Waals surface area contributed by atoms with Gasteiger partial charge in [0, 0.05) is 18.9 Å². The number of aromatic amines is 1. The zero-order valence-corrected chi connectivity index (χ0v) is 12.2. The van der Waals surface area contributed by atoms with Crippen LogP contribution in [0.4, 0.5) is 0 Å². The van der Waals surface area contributed by atoms with Crippen molar-refractivity contribution in [1.82, 2.24) is 14.9 Å². The molecule has 5 nitrogen and oxygen atoms in total. The van der Waals surface area contributed by atoms with Gasteiger partial charge in [-0.25, -0.2) is 4.98 Å². The first-order valence-electron chi connectivity index (χ1n) is 7.09. The van der Waals surface area contributed by atoms with Crippen LogP contribution in [0.25, 0.3) is 0 Å². The summed E-state index contributed by atoms with van der Waals surface area (Å²) >= 11 is 0. The number of carboxylic acid groups (broad SMARTS) is 1. The van der Waals surface area contributed by atoms with Gasteiger partial charge in [-0.1, -0.05) is 11.6 Å². The summed E-state index contributed by atoms with van der Waals surface area (Å²) in [5.41, 5.74) is 0.524. The van der Waals surface area contributed by atoms with E-state index < -0.39 is 11.4 Å². The number of likely N-dealkylation sites (tertiary alicyclic amines) is 1. The van der Waals surface area contributed by atoms with Gasteiger partial charge >= 0.3 is 5.97 Å². The van der Waals surface area contributed by atoms with Gasteiger partial charge in [0.1, 0.15) is 5.82 Å². The summed E-state index contributed by atoms with van der Waals surface area (Å²) in [6.07, 6.45) is 7.86. The summed E-state index contributed by atoms with van der Waals surface area (Å²) in [5, 5.41) is 9.67. The number of nitrogens with zero attached hydrogens (tertiary/aromatic N) is 2. The smallest absolute Gasteiger partial charge is 0.311 e. The molecule has 0 unspecified atom stereocenters. The first-order valence-corrected chi connectivity index (χ1v) is 7.09. The van der Waals surface area contributed by atoms with Crippen molar-refractivity contribution < 1.29 is 9.90 Å². The minimum atomic E-state index is -0.681. The monoisotopic (exact) mass is 277 g/mol. The van der Waals surface area contributed by atoms with Crippen LogP contribution >= 0.6 is 0 Å². The Bertz CT molecular complexity index is 477. The number of nitrogens with one attached hydrogen (secondary N) is 1. The summed E-state index contributed by atoms with van der Waals surface area (Å²) < 4.78 is 0. The maximum absolute atomic E-state index is 11.8. The molecule has 1 aromatic rings. The van der Waals surface area contributed by atoms with E-state index in [0.717, 1.165) is 25.2 Å². The molecule has 1 saturated heterocycles. The lowest BCUT2D eigenvalue weighted by atomic mass is 9.76. The number of aliphatic carboxylic acids is 1. The zero-order chi connectivity index (χ0) is 14.6. The van der Waals surface area contributed by atoms with E-state index in [-0.39, 0.29) is 0 Å². The van der Waals surface area contributed by atoms with Crippen molar-refractivity contribution in [2.75, 3.05) is 13.1 Å². The first-order chi connectivity index (χ1) is 9.52. The molecule has 2 heterocycles. The van der Waals surface area contributed by atoms with Gasteiger partial charge in [-0.3, -0.25) is 9.69 Å². The number of aromatic nitrogens is 2. The Kier molecular flexibility index (Phi) is 4.60. The third kappa shape index (κ3) is 3.48. The topological polar surface area (TPSA) is 69.2 Å². The molecule has 0 aromatic carbocycles. The fourth-order valence-corrected chi connectivity index (χ4v) is 2.79. The van der Waals surface area contributed by atoms with E-state index in [2.05, 4.69) is 14.9 Å². The summed E-state index contributed by atoms with van der Waals surface area (Å²) in [7, 11) is 0. The molecule has 0 aliphatic carbocycles. The van der Waals surface area contributed by atoms with Gasteiger partial charge in [-0.05, 0) is 39.7 Å². The number of carboxylic acids is 1. The summed E-state index contributed by atoms with van der Waals surface area (Å²) in [6, 6.07) is 0. The van der Waals surface area contributed by atoms with Crippen molar-refractivity contribution in [3.8, 4) is 0 Å². The highest BCUT2D eigenvalue weighted by molar-refractivity contribution is 5.75. The van der Waals surface area contributed by atoms with Gasteiger partial charge in [-0.2, -0.15) is 0 Å². The number of hydrogen-bond acceptors (Lipinski definition) is 3. The lowest BCUT2D eigenvalue weighted by Gasteiger charge is -2.39. The van der Waals surface area contributed by atoms with E-state index in [0.29, 0.717) is 19.5 Å². The Balaban J connectivity index is 2.08. The predicted molar refractivity (Wildman–Crippen MR) is 77.2 cm³/mol. The van der Waals surface area contributed by atoms with Gasteiger partial charge < -0.3 is 10.1 Å². The lowest BCUT2D eigenvalue weighted by molar-refractivity contribution is -0.152. The Morgan fingerprint density at radius 2 is 2.40 bits per heavy atom. The molecule has 1 atom stereocenters. The molecule has 20 heavy (non-hydrogen) atoms. The molecular formula is C15H23N3O2. The number of allylic oxidation sites excluding steroid dienone is 2. The molecule has 0 saturated carbocycles. The third-order valence-corrected chi connectivity index (χ3v) is 3.94. The first kappa shape index (κ1) is 14.8. The molecule has 1 aliphatic heterocycles. The number of H-pyrrole nitrogens is 1. The second-order valence-electron chi connectivity index (χ2n) is 5.92. The van der Waals surface area contributed by atoms with Crippen LogP contribution in [0.15, 0.2) is 24.0 Å². The normalized spacial score (nSPS) is 23.5. The van der Waals surface area contributed by atoms with Crippen molar-refractivity contribution in [2.45, 2.75) is 39.7 Å². The van der Waals surface area contributed by atoms with Gasteiger partial charge in [0.05, 0.1) is 12.0 Å². The molecule has 5 heteroatoms. The van der Waals surface area contributed by atoms with E-state index in [1.807, 2.05) is 19.9 Å². The molecule has 0 spiro atoms. The minimum absolute atomic E-state index is 0.590. The fourth-order valence-electron chi connectivity index (χ4n) is 2.79. The molecule has 2 N–H and O–H groups in total. The second-order valence-corrected chi connectivity index (χ2v) is 5.92. The maximum atomic E-state index is 11.8. The number of carbonyl (C=O) groups is 1. The lowest BCUT2D eigenvalue weighted by Crippen LogP contribution is -2.47. The van der Waals surface area contributed by atoms with E-state index >= 15 is 0 Å². The van der Waals surface area contributed by atoms with Crippen molar-refractivity contribution in [3.05, 3.63) is 29.9 Å². The predicted octanol–water partition coefficient (Wildman–Crippen LogP) is 2.43. The van der Waals surface area contributed by atoms with Crippen molar-refractivity contribution >= 4 is 5.97 Å². The quantitative estimate of drug-likeness (QED) is 0.811. The average Bonchev–Trinajstić information content (AvgIpc) is 2.89. The Morgan fingerprint density at radius 1 is 1.60 bits per heavy atom. The maximum Gasteiger partial charge on any atom is 0.311 e. The summed E-state index contributed by atoms with van der Waals surface area (Å²) in [4.78, 5) is 21.2. The minimum Gasteiger partial charge on any atom is -0.481 e. The Morgan fingerprint density at radius 3 is 3.00 bits per heavy atom. The molecule has 1 aliphatic rings. The molecule has 0 bridgehead atoms. The molecule has 0 amide bonds. The van der Waals surface area contributed by atoms with Gasteiger partial charge in [-0.15, -0.1) is 0 Å². The van der Waals surface area contributed by atoms with E-state index in [4.69, 9.17) is 0 Å². The van der Waals surface area contributed by atoms with Crippen LogP contribution in [0, 0.1) is 5.41 Å². The molecule has 1 fully saturated rings. The van der Waals surface area contributed by atoms with E-state index in [9.17, 15) is 9.90 Å². The van der Waals surface area contributed by atoms with E-state index in [1.165, 1.54) is 5.57 Å². The zero-order valence-electron chi connectivity index (χ0n) is 12.2. The van der Waals surface area contributed by atoms with E-state index in [1.54, 1.807) is 12.4 Å². The molecule has 0 radical (unpaired) electrons. The van der Waals surface area contributed by atoms with Crippen LogP contribution in [0.1, 0.15) is 38.9 Å². The molecule has 110 valence electrons. The number of imidazole rings is 1. The Labute approximate surface area is 119 Å². The van der Waals surface area contributed by atoms with Gasteiger partial charge in [0.15, 0.2) is 0 Å². The van der Waals surface area contributed by atoms with Gasteiger partial charge in [0.2, 0.25) is 0 Å². The second kappa shape index (κ2) is 6.22. The van der Waals surface area contributed by atoms with Crippen molar-refractivity contribution in [1.29, 1.82) is 0 Å². The number of rotatable bonds is 5. The highest BCUT2D eigenvalue weighted by atomic mass is 16.4. The van der Waals surface area contributed by atoms with Crippen LogP contribution in [0.5, 0.6) is 0 Å². The highest BCUT2D eigenvalue weighted by Gasteiger charge is 2.41. The van der Waals surface area contributed by atoms with Gasteiger partial charge in [0.25, 0.3) is 0 Å². The fraction of sp³-hybridized carbons (Fsp3) is 0.600. The molecule has 1 aromatic heterocycles.